The van der Waals surface area contributed by atoms with Gasteiger partial charge < -0.3 is 4.74 Å². The first kappa shape index (κ1) is 11.4. The molecule has 1 heterocycles. The molecule has 0 aliphatic heterocycles. The lowest BCUT2D eigenvalue weighted by Crippen LogP contribution is -1.98. The average Bonchev–Trinajstić information content (AvgIpc) is 2.71. The van der Waals surface area contributed by atoms with Crippen LogP contribution in [0.5, 0.6) is 5.75 Å². The second kappa shape index (κ2) is 4.41. The Kier molecular flexibility index (Phi) is 2.95. The maximum atomic E-state index is 11.5. The number of methoxy groups -OCH3 is 1. The van der Waals surface area contributed by atoms with E-state index < -0.39 is 0 Å². The summed E-state index contributed by atoms with van der Waals surface area (Å²) in [5.74, 6) is 0.772. The fraction of sp³-hybridized carbons (Fsp3) is 0.231. The van der Waals surface area contributed by atoms with E-state index in [1.54, 1.807) is 24.9 Å². The van der Waals surface area contributed by atoms with Gasteiger partial charge in [-0.2, -0.15) is 5.10 Å². The molecule has 0 fully saturated rings. The number of ketones is 1. The molecule has 0 radical (unpaired) electrons. The lowest BCUT2D eigenvalue weighted by atomic mass is 10.1. The zero-order valence-electron chi connectivity index (χ0n) is 10.1. The van der Waals surface area contributed by atoms with Crippen LogP contribution in [0.2, 0.25) is 0 Å². The van der Waals surface area contributed by atoms with E-state index in [9.17, 15) is 4.79 Å². The molecule has 17 heavy (non-hydrogen) atoms. The van der Waals surface area contributed by atoms with Crippen molar-refractivity contribution in [1.29, 1.82) is 0 Å². The van der Waals surface area contributed by atoms with Gasteiger partial charge in [-0.15, -0.1) is 0 Å². The minimum Gasteiger partial charge on any atom is -0.497 e. The number of ether oxygens (including phenoxy) is 1. The molecule has 88 valence electrons. The lowest BCUT2D eigenvalue weighted by molar-refractivity contribution is 0.101. The third kappa shape index (κ3) is 2.06. The minimum absolute atomic E-state index is 0.0101. The first-order valence-electron chi connectivity index (χ1n) is 5.31. The third-order valence-corrected chi connectivity index (χ3v) is 2.66. The van der Waals surface area contributed by atoms with Crippen molar-refractivity contribution < 1.29 is 9.53 Å². The Bertz CT molecular complexity index is 558. The van der Waals surface area contributed by atoms with Crippen LogP contribution in [-0.4, -0.2) is 22.7 Å². The smallest absolute Gasteiger partial charge is 0.163 e. The maximum absolute atomic E-state index is 11.5. The van der Waals surface area contributed by atoms with Crippen LogP contribution in [0.1, 0.15) is 17.3 Å². The predicted octanol–water partition coefficient (Wildman–Crippen LogP) is 2.30. The molecule has 0 aliphatic rings. The molecular weight excluding hydrogens is 216 g/mol. The van der Waals surface area contributed by atoms with Gasteiger partial charge in [0, 0.05) is 12.6 Å². The topological polar surface area (TPSA) is 44.1 Å². The van der Waals surface area contributed by atoms with Crippen molar-refractivity contribution in [3.8, 4) is 17.0 Å². The van der Waals surface area contributed by atoms with E-state index in [-0.39, 0.29) is 5.78 Å². The lowest BCUT2D eigenvalue weighted by Gasteiger charge is -2.06. The minimum atomic E-state index is 0.0101. The van der Waals surface area contributed by atoms with Crippen molar-refractivity contribution in [3.05, 3.63) is 36.0 Å². The largest absolute Gasteiger partial charge is 0.497 e. The molecule has 0 aliphatic carbocycles. The number of carbonyl (C=O) groups excluding carboxylic acids is 1. The van der Waals surface area contributed by atoms with Crippen molar-refractivity contribution in [2.45, 2.75) is 6.92 Å². The van der Waals surface area contributed by atoms with Crippen LogP contribution in [0.3, 0.4) is 0 Å². The molecular formula is C13H14N2O2. The molecule has 4 heteroatoms. The van der Waals surface area contributed by atoms with Crippen LogP contribution in [0.25, 0.3) is 11.3 Å². The quantitative estimate of drug-likeness (QED) is 0.760. The van der Waals surface area contributed by atoms with Crippen molar-refractivity contribution >= 4 is 5.78 Å². The van der Waals surface area contributed by atoms with Crippen LogP contribution in [0, 0.1) is 0 Å². The Morgan fingerprint density at radius 3 is 2.82 bits per heavy atom. The monoisotopic (exact) mass is 230 g/mol. The number of aryl methyl sites for hydroxylation is 1. The summed E-state index contributed by atoms with van der Waals surface area (Å²) >= 11 is 0. The SMILES string of the molecule is COc1cccc(-c2c(C(C)=O)cnn2C)c1. The number of carbonyl (C=O) groups is 1. The molecule has 0 N–H and O–H groups in total. The van der Waals surface area contributed by atoms with E-state index in [0.29, 0.717) is 5.56 Å². The highest BCUT2D eigenvalue weighted by atomic mass is 16.5. The molecule has 2 aromatic rings. The number of hydrogen-bond acceptors (Lipinski definition) is 3. The summed E-state index contributed by atoms with van der Waals surface area (Å²) in [4.78, 5) is 11.5. The van der Waals surface area contributed by atoms with E-state index in [4.69, 9.17) is 4.74 Å². The Morgan fingerprint density at radius 1 is 1.41 bits per heavy atom. The number of nitrogens with zero attached hydrogens (tertiary/aromatic N) is 2. The normalized spacial score (nSPS) is 10.3. The number of rotatable bonds is 3. The number of Topliss-reactive ketones (excluding diaryl/α,β-unsaturated/α-hetero) is 1. The van der Waals surface area contributed by atoms with E-state index in [1.807, 2.05) is 31.3 Å². The van der Waals surface area contributed by atoms with Gasteiger partial charge in [0.15, 0.2) is 5.78 Å². The number of hydrogen-bond donors (Lipinski definition) is 0. The molecule has 2 rings (SSSR count). The highest BCUT2D eigenvalue weighted by Gasteiger charge is 2.14. The van der Waals surface area contributed by atoms with Gasteiger partial charge in [-0.05, 0) is 19.1 Å². The van der Waals surface area contributed by atoms with Gasteiger partial charge in [-0.3, -0.25) is 9.48 Å². The molecule has 0 bridgehead atoms. The van der Waals surface area contributed by atoms with Gasteiger partial charge >= 0.3 is 0 Å². The molecule has 0 amide bonds. The molecule has 0 saturated carbocycles. The van der Waals surface area contributed by atoms with E-state index in [2.05, 4.69) is 5.10 Å². The highest BCUT2D eigenvalue weighted by Crippen LogP contribution is 2.26. The Morgan fingerprint density at radius 2 is 2.18 bits per heavy atom. The predicted molar refractivity (Wildman–Crippen MR) is 65.2 cm³/mol. The summed E-state index contributed by atoms with van der Waals surface area (Å²) in [7, 11) is 3.44. The second-order valence-electron chi connectivity index (χ2n) is 3.82. The van der Waals surface area contributed by atoms with Crippen LogP contribution in [0.4, 0.5) is 0 Å². The van der Waals surface area contributed by atoms with E-state index >= 15 is 0 Å². The summed E-state index contributed by atoms with van der Waals surface area (Å²) in [5.41, 5.74) is 2.37. The van der Waals surface area contributed by atoms with Crippen LogP contribution in [-0.2, 0) is 7.05 Å². The van der Waals surface area contributed by atoms with E-state index in [0.717, 1.165) is 17.0 Å². The highest BCUT2D eigenvalue weighted by molar-refractivity contribution is 5.99. The molecule has 0 saturated heterocycles. The first-order valence-corrected chi connectivity index (χ1v) is 5.31. The second-order valence-corrected chi connectivity index (χ2v) is 3.82. The molecule has 0 spiro atoms. The van der Waals surface area contributed by atoms with E-state index in [1.165, 1.54) is 0 Å². The van der Waals surface area contributed by atoms with Crippen LogP contribution in [0.15, 0.2) is 30.5 Å². The average molecular weight is 230 g/mol. The fourth-order valence-electron chi connectivity index (χ4n) is 1.81. The summed E-state index contributed by atoms with van der Waals surface area (Å²) in [6, 6.07) is 7.59. The Hall–Kier alpha value is -2.10. The first-order chi connectivity index (χ1) is 8.13. The van der Waals surface area contributed by atoms with Gasteiger partial charge in [0.05, 0.1) is 24.6 Å². The zero-order chi connectivity index (χ0) is 12.4. The molecule has 0 unspecified atom stereocenters. The zero-order valence-corrected chi connectivity index (χ0v) is 10.1. The van der Waals surface area contributed by atoms with Gasteiger partial charge in [0.2, 0.25) is 0 Å². The molecule has 4 nitrogen and oxygen atoms in total. The van der Waals surface area contributed by atoms with Crippen molar-refractivity contribution in [3.63, 3.8) is 0 Å². The Balaban J connectivity index is 2.59. The molecule has 1 aromatic carbocycles. The van der Waals surface area contributed by atoms with Gasteiger partial charge in [-0.25, -0.2) is 0 Å². The van der Waals surface area contributed by atoms with Gasteiger partial charge in [0.25, 0.3) is 0 Å². The van der Waals surface area contributed by atoms with Crippen molar-refractivity contribution in [2.75, 3.05) is 7.11 Å². The number of benzene rings is 1. The summed E-state index contributed by atoms with van der Waals surface area (Å²) in [5, 5.41) is 4.12. The Labute approximate surface area is 99.8 Å². The van der Waals surface area contributed by atoms with Crippen LogP contribution >= 0.6 is 0 Å². The van der Waals surface area contributed by atoms with Gasteiger partial charge in [0.1, 0.15) is 5.75 Å². The standard InChI is InChI=1S/C13H14N2O2/c1-9(16)12-8-14-15(2)13(12)10-5-4-6-11(7-10)17-3/h4-8H,1-3H3. The summed E-state index contributed by atoms with van der Waals surface area (Å²) < 4.78 is 6.88. The van der Waals surface area contributed by atoms with Crippen molar-refractivity contribution in [1.82, 2.24) is 9.78 Å². The number of aromatic nitrogens is 2. The summed E-state index contributed by atoms with van der Waals surface area (Å²) in [6.07, 6.45) is 1.59. The summed E-state index contributed by atoms with van der Waals surface area (Å²) in [6.45, 7) is 1.54. The fourth-order valence-corrected chi connectivity index (χ4v) is 1.81. The van der Waals surface area contributed by atoms with Crippen LogP contribution < -0.4 is 4.74 Å². The maximum Gasteiger partial charge on any atom is 0.163 e. The van der Waals surface area contributed by atoms with Crippen molar-refractivity contribution in [2.24, 2.45) is 7.05 Å². The van der Waals surface area contributed by atoms with Gasteiger partial charge in [-0.1, -0.05) is 12.1 Å². The molecule has 1 aromatic heterocycles. The molecule has 0 atom stereocenters. The third-order valence-electron chi connectivity index (χ3n) is 2.66.